The number of likely N-dealkylation sites (tertiary alicyclic amines) is 1. The van der Waals surface area contributed by atoms with Crippen molar-refractivity contribution in [1.29, 1.82) is 0 Å². The van der Waals surface area contributed by atoms with Crippen LogP contribution < -0.4 is 0 Å². The highest BCUT2D eigenvalue weighted by molar-refractivity contribution is 5.99. The number of aliphatic hydroxyl groups is 1. The maximum atomic E-state index is 14.3. The van der Waals surface area contributed by atoms with E-state index in [0.29, 0.717) is 45.6 Å². The van der Waals surface area contributed by atoms with Gasteiger partial charge in [-0.1, -0.05) is 68.7 Å². The van der Waals surface area contributed by atoms with E-state index < -0.39 is 23.5 Å². The second kappa shape index (κ2) is 14.3. The highest BCUT2D eigenvalue weighted by Crippen LogP contribution is 2.59. The normalized spacial score (nSPS) is 26.2. The maximum Gasteiger partial charge on any atom is 0.248 e. The average molecular weight is 566 g/mol. The summed E-state index contributed by atoms with van der Waals surface area (Å²) >= 11 is 0. The van der Waals surface area contributed by atoms with E-state index in [2.05, 4.69) is 20.1 Å². The highest BCUT2D eigenvalue weighted by Gasteiger charge is 2.74. The number of rotatable bonds is 17. The summed E-state index contributed by atoms with van der Waals surface area (Å²) in [5.74, 6) is -1.66. The molecule has 1 spiro atoms. The molecule has 1 aromatic rings. The third-order valence-electron chi connectivity index (χ3n) is 8.95. The van der Waals surface area contributed by atoms with Gasteiger partial charge in [-0.25, -0.2) is 0 Å². The molecule has 0 radical (unpaired) electrons. The molecule has 3 saturated heterocycles. The Kier molecular flexibility index (Phi) is 10.8. The number of carbonyl (C=O) groups excluding carboxylic acids is 3. The molecule has 3 aliphatic rings. The van der Waals surface area contributed by atoms with Gasteiger partial charge in [0.2, 0.25) is 17.7 Å². The third kappa shape index (κ3) is 6.28. The fourth-order valence-corrected chi connectivity index (χ4v) is 7.07. The second-order valence-corrected chi connectivity index (χ2v) is 11.6. The van der Waals surface area contributed by atoms with Crippen molar-refractivity contribution >= 4 is 17.7 Å². The molecule has 8 heteroatoms. The van der Waals surface area contributed by atoms with E-state index in [1.54, 1.807) is 26.9 Å². The molecule has 4 rings (SSSR count). The van der Waals surface area contributed by atoms with Crippen molar-refractivity contribution in [2.45, 2.75) is 82.6 Å². The molecule has 8 nitrogen and oxygen atoms in total. The number of amides is 3. The van der Waals surface area contributed by atoms with Gasteiger partial charge in [0.1, 0.15) is 11.6 Å². The zero-order valence-electron chi connectivity index (χ0n) is 24.6. The summed E-state index contributed by atoms with van der Waals surface area (Å²) in [6, 6.07) is 9.06. The Morgan fingerprint density at radius 2 is 1.76 bits per heavy atom. The Bertz CT molecular complexity index is 1080. The molecule has 224 valence electrons. The molecule has 0 aliphatic carbocycles. The number of aliphatic hydroxyl groups excluding tert-OH is 1. The van der Waals surface area contributed by atoms with Crippen LogP contribution in [0.1, 0.15) is 63.9 Å². The standard InChI is InChI=1S/C33H47N3O5/c1-4-7-21-34(19-5-2)32(40)29-33-18-17-26(41-33)27(28(33)31(39)36(29)22-13-8-9-14-23-37)30(38)35(20-6-3)24-25-15-11-10-12-16-25/h5-6,10-12,15-16,26-29,37H,2-4,7-9,13-14,17-24H2,1H3/t26-,27+,28+,29?,33?/m1/s1. The largest absolute Gasteiger partial charge is 0.396 e. The van der Waals surface area contributed by atoms with E-state index in [1.807, 2.05) is 30.3 Å². The predicted molar refractivity (Wildman–Crippen MR) is 159 cm³/mol. The Hall–Kier alpha value is -2.97. The van der Waals surface area contributed by atoms with Crippen LogP contribution in [0.3, 0.4) is 0 Å². The number of ether oxygens (including phenoxy) is 1. The lowest BCUT2D eigenvalue weighted by Crippen LogP contribution is -2.56. The molecule has 41 heavy (non-hydrogen) atoms. The lowest BCUT2D eigenvalue weighted by Gasteiger charge is -2.37. The molecule has 3 fully saturated rings. The number of benzene rings is 1. The molecule has 0 aromatic heterocycles. The van der Waals surface area contributed by atoms with Crippen LogP contribution in [-0.2, 0) is 25.7 Å². The van der Waals surface area contributed by atoms with Crippen LogP contribution in [0.2, 0.25) is 0 Å². The molecule has 1 aromatic carbocycles. The van der Waals surface area contributed by atoms with E-state index in [1.165, 1.54) is 0 Å². The predicted octanol–water partition coefficient (Wildman–Crippen LogP) is 3.94. The number of hydrogen-bond donors (Lipinski definition) is 1. The van der Waals surface area contributed by atoms with Gasteiger partial charge in [-0.3, -0.25) is 14.4 Å². The van der Waals surface area contributed by atoms with Crippen LogP contribution in [0.4, 0.5) is 0 Å². The Morgan fingerprint density at radius 1 is 1.05 bits per heavy atom. The van der Waals surface area contributed by atoms with Gasteiger partial charge in [-0.15, -0.1) is 13.2 Å². The quantitative estimate of drug-likeness (QED) is 0.228. The molecule has 2 bridgehead atoms. The molecule has 3 aliphatic heterocycles. The van der Waals surface area contributed by atoms with E-state index in [-0.39, 0.29) is 30.4 Å². The number of unbranched alkanes of at least 4 members (excludes halogenated alkanes) is 4. The van der Waals surface area contributed by atoms with E-state index in [0.717, 1.165) is 44.1 Å². The number of nitrogens with zero attached hydrogens (tertiary/aromatic N) is 3. The first-order valence-electron chi connectivity index (χ1n) is 15.4. The Labute approximate surface area is 245 Å². The summed E-state index contributed by atoms with van der Waals surface area (Å²) in [5.41, 5.74) is 0.00968. The minimum Gasteiger partial charge on any atom is -0.396 e. The first kappa shape index (κ1) is 31.0. The summed E-state index contributed by atoms with van der Waals surface area (Å²) in [4.78, 5) is 48.0. The zero-order chi connectivity index (χ0) is 29.4. The summed E-state index contributed by atoms with van der Waals surface area (Å²) in [5, 5.41) is 9.17. The lowest BCUT2D eigenvalue weighted by molar-refractivity contribution is -0.149. The molecular weight excluding hydrogens is 518 g/mol. The van der Waals surface area contributed by atoms with E-state index in [4.69, 9.17) is 4.74 Å². The van der Waals surface area contributed by atoms with E-state index >= 15 is 0 Å². The molecule has 5 atom stereocenters. The molecule has 3 heterocycles. The minimum atomic E-state index is -0.998. The van der Waals surface area contributed by atoms with Crippen LogP contribution in [0.5, 0.6) is 0 Å². The first-order chi connectivity index (χ1) is 19.9. The SMILES string of the molecule is C=CCN(CCCC)C(=O)C1N(CCCCCCO)C(=O)[C@@H]2[C@@H](C(=O)N(CC=C)Cc3ccccc3)[C@H]3CCC12O3. The van der Waals surface area contributed by atoms with Gasteiger partial charge < -0.3 is 24.5 Å². The van der Waals surface area contributed by atoms with Crippen molar-refractivity contribution in [2.75, 3.05) is 32.8 Å². The number of hydrogen-bond acceptors (Lipinski definition) is 5. The lowest BCUT2D eigenvalue weighted by atomic mass is 9.70. The van der Waals surface area contributed by atoms with Gasteiger partial charge >= 0.3 is 0 Å². The second-order valence-electron chi connectivity index (χ2n) is 11.6. The third-order valence-corrected chi connectivity index (χ3v) is 8.95. The zero-order valence-corrected chi connectivity index (χ0v) is 24.6. The van der Waals surface area contributed by atoms with Crippen molar-refractivity contribution in [3.05, 3.63) is 61.2 Å². The monoisotopic (exact) mass is 565 g/mol. The fourth-order valence-electron chi connectivity index (χ4n) is 7.07. The van der Waals surface area contributed by atoms with Crippen LogP contribution in [-0.4, -0.2) is 88.1 Å². The van der Waals surface area contributed by atoms with Crippen LogP contribution in [0, 0.1) is 11.8 Å². The van der Waals surface area contributed by atoms with E-state index in [9.17, 15) is 19.5 Å². The smallest absolute Gasteiger partial charge is 0.248 e. The van der Waals surface area contributed by atoms with Gasteiger partial charge in [0.25, 0.3) is 0 Å². The molecular formula is C33H47N3O5. The number of fused-ring (bicyclic) bond motifs is 1. The minimum absolute atomic E-state index is 0.106. The van der Waals surface area contributed by atoms with Gasteiger partial charge in [0.05, 0.1) is 17.9 Å². The Morgan fingerprint density at radius 3 is 2.44 bits per heavy atom. The average Bonchev–Trinajstić information content (AvgIpc) is 3.62. The van der Waals surface area contributed by atoms with Gasteiger partial charge in [-0.05, 0) is 37.7 Å². The van der Waals surface area contributed by atoms with Gasteiger partial charge in [0.15, 0.2) is 0 Å². The summed E-state index contributed by atoms with van der Waals surface area (Å²) in [6.45, 7) is 12.2. The topological polar surface area (TPSA) is 90.4 Å². The van der Waals surface area contributed by atoms with Crippen molar-refractivity contribution < 1.29 is 24.2 Å². The summed E-state index contributed by atoms with van der Waals surface area (Å²) < 4.78 is 6.67. The molecule has 1 N–H and O–H groups in total. The molecule has 2 unspecified atom stereocenters. The summed E-state index contributed by atoms with van der Waals surface area (Å²) in [6.07, 6.45) is 9.27. The van der Waals surface area contributed by atoms with Crippen molar-refractivity contribution in [1.82, 2.24) is 14.7 Å². The van der Waals surface area contributed by atoms with Crippen LogP contribution >= 0.6 is 0 Å². The van der Waals surface area contributed by atoms with Crippen molar-refractivity contribution in [3.63, 3.8) is 0 Å². The Balaban J connectivity index is 1.65. The fraction of sp³-hybridized carbons (Fsp3) is 0.606. The molecule has 0 saturated carbocycles. The molecule has 3 amide bonds. The van der Waals surface area contributed by atoms with Crippen molar-refractivity contribution in [2.24, 2.45) is 11.8 Å². The van der Waals surface area contributed by atoms with Gasteiger partial charge in [-0.2, -0.15) is 0 Å². The van der Waals surface area contributed by atoms with Crippen molar-refractivity contribution in [3.8, 4) is 0 Å². The summed E-state index contributed by atoms with van der Waals surface area (Å²) in [7, 11) is 0. The maximum absolute atomic E-state index is 14.3. The van der Waals surface area contributed by atoms with Gasteiger partial charge in [0, 0.05) is 39.3 Å². The number of carbonyl (C=O) groups is 3. The first-order valence-corrected chi connectivity index (χ1v) is 15.4. The van der Waals surface area contributed by atoms with Crippen LogP contribution in [0.15, 0.2) is 55.6 Å². The highest BCUT2D eigenvalue weighted by atomic mass is 16.5. The van der Waals surface area contributed by atoms with Crippen LogP contribution in [0.25, 0.3) is 0 Å².